The van der Waals surface area contributed by atoms with Gasteiger partial charge in [0, 0.05) is 16.6 Å². The van der Waals surface area contributed by atoms with Gasteiger partial charge in [0.25, 0.3) is 0 Å². The summed E-state index contributed by atoms with van der Waals surface area (Å²) >= 11 is 4.68. The highest BCUT2D eigenvalue weighted by atomic mass is 79.9. The van der Waals surface area contributed by atoms with E-state index in [4.69, 9.17) is 0 Å². The number of hydrogen-bond donors (Lipinski definition) is 1. The standard InChI is InChI=1S/C23H19BrN4O3S2/c24-18-8-3-7-17(13-18)22-26-27-23(32-22)25-21(29)20-9-4-12-28(20)33(30,31)19-11-10-15-5-1-2-6-16(15)14-19/h1-3,5-8,10-11,13-14,20H,4,9,12H2,(H,25,27,29). The Balaban J connectivity index is 1.36. The van der Waals surface area contributed by atoms with Gasteiger partial charge in [0.2, 0.25) is 21.1 Å². The van der Waals surface area contributed by atoms with Crippen LogP contribution in [0.3, 0.4) is 0 Å². The molecule has 1 atom stereocenters. The first-order valence-corrected chi connectivity index (χ1v) is 13.4. The number of hydrogen-bond acceptors (Lipinski definition) is 6. The number of carbonyl (C=O) groups excluding carboxylic acids is 1. The number of nitrogens with one attached hydrogen (secondary N) is 1. The van der Waals surface area contributed by atoms with Crippen LogP contribution >= 0.6 is 27.3 Å². The van der Waals surface area contributed by atoms with Crippen LogP contribution in [0.1, 0.15) is 12.8 Å². The van der Waals surface area contributed by atoms with E-state index in [9.17, 15) is 13.2 Å². The van der Waals surface area contributed by atoms with Gasteiger partial charge in [-0.25, -0.2) is 8.42 Å². The van der Waals surface area contributed by atoms with Crippen LogP contribution in [0.25, 0.3) is 21.3 Å². The summed E-state index contributed by atoms with van der Waals surface area (Å²) in [7, 11) is -3.82. The lowest BCUT2D eigenvalue weighted by Crippen LogP contribution is -2.43. The Morgan fingerprint density at radius 3 is 2.67 bits per heavy atom. The Kier molecular flexibility index (Phi) is 6.00. The van der Waals surface area contributed by atoms with Crippen LogP contribution in [-0.2, 0) is 14.8 Å². The van der Waals surface area contributed by atoms with E-state index < -0.39 is 22.0 Å². The van der Waals surface area contributed by atoms with Crippen LogP contribution in [-0.4, -0.2) is 41.4 Å². The minimum atomic E-state index is -3.82. The number of aromatic nitrogens is 2. The zero-order chi connectivity index (χ0) is 23.0. The van der Waals surface area contributed by atoms with Gasteiger partial charge in [-0.05, 0) is 47.9 Å². The maximum Gasteiger partial charge on any atom is 0.244 e. The molecule has 1 aliphatic rings. The largest absolute Gasteiger partial charge is 0.299 e. The van der Waals surface area contributed by atoms with Gasteiger partial charge in [-0.15, -0.1) is 10.2 Å². The van der Waals surface area contributed by atoms with Crippen LogP contribution in [0.15, 0.2) is 76.1 Å². The molecule has 0 spiro atoms. The zero-order valence-corrected chi connectivity index (χ0v) is 20.5. The number of carbonyl (C=O) groups is 1. The Morgan fingerprint density at radius 2 is 1.85 bits per heavy atom. The van der Waals surface area contributed by atoms with E-state index in [2.05, 4.69) is 31.4 Å². The predicted molar refractivity (Wildman–Crippen MR) is 133 cm³/mol. The quantitative estimate of drug-likeness (QED) is 0.386. The van der Waals surface area contributed by atoms with Crippen LogP contribution in [0.4, 0.5) is 5.13 Å². The summed E-state index contributed by atoms with van der Waals surface area (Å²) in [6, 6.07) is 19.5. The van der Waals surface area contributed by atoms with E-state index in [1.54, 1.807) is 18.2 Å². The van der Waals surface area contributed by atoms with Gasteiger partial charge in [0.15, 0.2) is 0 Å². The summed E-state index contributed by atoms with van der Waals surface area (Å²) in [6.07, 6.45) is 1.07. The fourth-order valence-corrected chi connectivity index (χ4v) is 6.79. The number of halogens is 1. The summed E-state index contributed by atoms with van der Waals surface area (Å²) in [5.41, 5.74) is 0.878. The van der Waals surface area contributed by atoms with Gasteiger partial charge in [-0.1, -0.05) is 69.7 Å². The van der Waals surface area contributed by atoms with Crippen molar-refractivity contribution in [3.8, 4) is 10.6 Å². The van der Waals surface area contributed by atoms with E-state index in [0.29, 0.717) is 29.5 Å². The van der Waals surface area contributed by atoms with E-state index in [1.165, 1.54) is 15.6 Å². The summed E-state index contributed by atoms with van der Waals surface area (Å²) in [5.74, 6) is -0.395. The first-order valence-electron chi connectivity index (χ1n) is 10.3. The Morgan fingerprint density at radius 1 is 1.03 bits per heavy atom. The molecule has 0 radical (unpaired) electrons. The number of amides is 1. The maximum atomic E-state index is 13.4. The number of sulfonamides is 1. The van der Waals surface area contributed by atoms with Crippen LogP contribution in [0.5, 0.6) is 0 Å². The second-order valence-electron chi connectivity index (χ2n) is 7.69. The number of benzene rings is 3. The molecule has 1 N–H and O–H groups in total. The van der Waals surface area contributed by atoms with Crippen molar-refractivity contribution in [2.24, 2.45) is 0 Å². The average Bonchev–Trinajstić information content (AvgIpc) is 3.49. The summed E-state index contributed by atoms with van der Waals surface area (Å²) in [5, 5.41) is 13.8. The van der Waals surface area contributed by atoms with Gasteiger partial charge in [-0.2, -0.15) is 4.31 Å². The molecule has 0 saturated carbocycles. The summed E-state index contributed by atoms with van der Waals surface area (Å²) in [6.45, 7) is 0.298. The lowest BCUT2D eigenvalue weighted by molar-refractivity contribution is -0.119. The van der Waals surface area contributed by atoms with Gasteiger partial charge < -0.3 is 0 Å². The number of fused-ring (bicyclic) bond motifs is 1. The summed E-state index contributed by atoms with van der Waals surface area (Å²) < 4.78 is 29.0. The highest BCUT2D eigenvalue weighted by Crippen LogP contribution is 2.31. The molecular formula is C23H19BrN4O3S2. The highest BCUT2D eigenvalue weighted by Gasteiger charge is 2.39. The van der Waals surface area contributed by atoms with Crippen LogP contribution in [0, 0.1) is 0 Å². The van der Waals surface area contributed by atoms with Crippen molar-refractivity contribution in [1.82, 2.24) is 14.5 Å². The second-order valence-corrected chi connectivity index (χ2v) is 11.5. The molecule has 1 fully saturated rings. The minimum Gasteiger partial charge on any atom is -0.299 e. The lowest BCUT2D eigenvalue weighted by Gasteiger charge is -2.23. The molecule has 168 valence electrons. The predicted octanol–water partition coefficient (Wildman–Crippen LogP) is 4.91. The third-order valence-corrected chi connectivity index (χ3v) is 8.85. The molecule has 1 unspecified atom stereocenters. The topological polar surface area (TPSA) is 92.3 Å². The fourth-order valence-electron chi connectivity index (χ4n) is 3.95. The third kappa shape index (κ3) is 4.43. The SMILES string of the molecule is O=C(Nc1nnc(-c2cccc(Br)c2)s1)C1CCCN1S(=O)(=O)c1ccc2ccccc2c1. The van der Waals surface area contributed by atoms with Crippen molar-refractivity contribution in [2.45, 2.75) is 23.8 Å². The maximum absolute atomic E-state index is 13.4. The fraction of sp³-hybridized carbons (Fsp3) is 0.174. The Labute approximate surface area is 203 Å². The van der Waals surface area contributed by atoms with E-state index in [1.807, 2.05) is 48.5 Å². The van der Waals surface area contributed by atoms with Gasteiger partial charge in [0.05, 0.1) is 4.90 Å². The van der Waals surface area contributed by atoms with Crippen molar-refractivity contribution < 1.29 is 13.2 Å². The molecule has 33 heavy (non-hydrogen) atoms. The molecule has 1 aromatic heterocycles. The van der Waals surface area contributed by atoms with E-state index in [0.717, 1.165) is 20.8 Å². The molecular weight excluding hydrogens is 524 g/mol. The third-order valence-electron chi connectivity index (χ3n) is 5.56. The molecule has 1 amide bonds. The Bertz CT molecular complexity index is 1450. The molecule has 2 heterocycles. The zero-order valence-electron chi connectivity index (χ0n) is 17.3. The van der Waals surface area contributed by atoms with Crippen LogP contribution < -0.4 is 5.32 Å². The van der Waals surface area contributed by atoms with Crippen molar-refractivity contribution in [2.75, 3.05) is 11.9 Å². The molecule has 0 bridgehead atoms. The molecule has 7 nitrogen and oxygen atoms in total. The average molecular weight is 543 g/mol. The first kappa shape index (κ1) is 22.1. The molecule has 1 aliphatic heterocycles. The van der Waals surface area contributed by atoms with Crippen molar-refractivity contribution in [3.63, 3.8) is 0 Å². The lowest BCUT2D eigenvalue weighted by atomic mass is 10.1. The number of rotatable bonds is 5. The molecule has 10 heteroatoms. The molecule has 1 saturated heterocycles. The second kappa shape index (κ2) is 8.94. The number of nitrogens with zero attached hydrogens (tertiary/aromatic N) is 3. The van der Waals surface area contributed by atoms with Gasteiger partial charge in [-0.3, -0.25) is 10.1 Å². The van der Waals surface area contributed by atoms with Crippen molar-refractivity contribution >= 4 is 59.1 Å². The van der Waals surface area contributed by atoms with E-state index in [-0.39, 0.29) is 4.90 Å². The first-order chi connectivity index (χ1) is 15.9. The van der Waals surface area contributed by atoms with Gasteiger partial charge >= 0.3 is 0 Å². The van der Waals surface area contributed by atoms with Crippen LogP contribution in [0.2, 0.25) is 0 Å². The van der Waals surface area contributed by atoms with Gasteiger partial charge in [0.1, 0.15) is 11.0 Å². The Hall–Kier alpha value is -2.66. The molecule has 3 aromatic carbocycles. The minimum absolute atomic E-state index is 0.189. The monoisotopic (exact) mass is 542 g/mol. The number of anilines is 1. The smallest absolute Gasteiger partial charge is 0.244 e. The molecule has 5 rings (SSSR count). The highest BCUT2D eigenvalue weighted by molar-refractivity contribution is 9.10. The molecule has 0 aliphatic carbocycles. The normalized spacial score (nSPS) is 16.8. The van der Waals surface area contributed by atoms with Crippen molar-refractivity contribution in [3.05, 3.63) is 71.2 Å². The summed E-state index contributed by atoms with van der Waals surface area (Å²) in [4.78, 5) is 13.2. The molecule has 4 aromatic rings. The van der Waals surface area contributed by atoms with E-state index >= 15 is 0 Å². The van der Waals surface area contributed by atoms with Crippen molar-refractivity contribution in [1.29, 1.82) is 0 Å².